The van der Waals surface area contributed by atoms with E-state index in [9.17, 15) is 9.59 Å². The van der Waals surface area contributed by atoms with Gasteiger partial charge in [0.1, 0.15) is 5.60 Å². The normalized spacial score (nSPS) is 22.9. The van der Waals surface area contributed by atoms with Gasteiger partial charge < -0.3 is 15.0 Å². The minimum absolute atomic E-state index is 0.0108. The maximum absolute atomic E-state index is 12.8. The summed E-state index contributed by atoms with van der Waals surface area (Å²) in [6.07, 6.45) is 2.38. The van der Waals surface area contributed by atoms with E-state index >= 15 is 0 Å². The van der Waals surface area contributed by atoms with Gasteiger partial charge in [-0.15, -0.1) is 11.3 Å². The van der Waals surface area contributed by atoms with Crippen molar-refractivity contribution in [2.75, 3.05) is 0 Å². The Bertz CT molecular complexity index is 939. The van der Waals surface area contributed by atoms with Crippen LogP contribution >= 0.6 is 34.7 Å². The van der Waals surface area contributed by atoms with Gasteiger partial charge in [-0.25, -0.2) is 4.79 Å². The minimum atomic E-state index is -0.521. The van der Waals surface area contributed by atoms with Crippen molar-refractivity contribution in [1.82, 2.24) is 10.2 Å². The highest BCUT2D eigenvalue weighted by molar-refractivity contribution is 8.01. The van der Waals surface area contributed by atoms with Crippen LogP contribution in [0, 0.1) is 0 Å². The summed E-state index contributed by atoms with van der Waals surface area (Å²) < 4.78 is 6.62. The Morgan fingerprint density at radius 1 is 1.17 bits per heavy atom. The summed E-state index contributed by atoms with van der Waals surface area (Å²) in [5, 5.41) is 3.86. The number of hydrogen-bond acceptors (Lipinski definition) is 5. The number of fused-ring (bicyclic) bond motifs is 2. The zero-order valence-corrected chi connectivity index (χ0v) is 19.6. The molecule has 30 heavy (non-hydrogen) atoms. The van der Waals surface area contributed by atoms with E-state index in [1.165, 1.54) is 11.3 Å². The second-order valence-corrected chi connectivity index (χ2v) is 11.6. The molecule has 2 saturated heterocycles. The Kier molecular flexibility index (Phi) is 6.06. The predicted molar refractivity (Wildman–Crippen MR) is 121 cm³/mol. The third-order valence-electron chi connectivity index (χ3n) is 5.29. The second-order valence-electron chi connectivity index (χ2n) is 8.68. The lowest BCUT2D eigenvalue weighted by atomic mass is 9.95. The summed E-state index contributed by atoms with van der Waals surface area (Å²) in [6, 6.07) is 11.6. The lowest BCUT2D eigenvalue weighted by Crippen LogP contribution is -2.46. The zero-order valence-electron chi connectivity index (χ0n) is 17.2. The molecule has 1 aromatic heterocycles. The van der Waals surface area contributed by atoms with Crippen LogP contribution in [0.1, 0.15) is 49.7 Å². The molecule has 8 heteroatoms. The molecule has 1 aromatic carbocycles. The highest BCUT2D eigenvalue weighted by Gasteiger charge is 2.50. The molecule has 4 rings (SSSR count). The Labute approximate surface area is 190 Å². The summed E-state index contributed by atoms with van der Waals surface area (Å²) in [7, 11) is 0. The van der Waals surface area contributed by atoms with Crippen LogP contribution in [0.5, 0.6) is 0 Å². The summed E-state index contributed by atoms with van der Waals surface area (Å²) in [6.45, 7) is 5.62. The van der Waals surface area contributed by atoms with E-state index in [2.05, 4.69) is 5.32 Å². The Morgan fingerprint density at radius 3 is 2.60 bits per heavy atom. The summed E-state index contributed by atoms with van der Waals surface area (Å²) in [4.78, 5) is 29.0. The van der Waals surface area contributed by atoms with Crippen molar-refractivity contribution >= 4 is 46.7 Å². The molecule has 2 fully saturated rings. The summed E-state index contributed by atoms with van der Waals surface area (Å²) >= 11 is 9.02. The van der Waals surface area contributed by atoms with Gasteiger partial charge >= 0.3 is 6.09 Å². The maximum atomic E-state index is 12.8. The molecule has 160 valence electrons. The zero-order chi connectivity index (χ0) is 21.5. The van der Waals surface area contributed by atoms with Crippen LogP contribution in [0.2, 0.25) is 5.02 Å². The molecule has 2 aromatic rings. The number of rotatable bonds is 4. The number of benzene rings is 1. The van der Waals surface area contributed by atoms with E-state index < -0.39 is 5.60 Å². The van der Waals surface area contributed by atoms with E-state index in [0.29, 0.717) is 9.90 Å². The second kappa shape index (κ2) is 8.44. The largest absolute Gasteiger partial charge is 0.444 e. The lowest BCUT2D eigenvalue weighted by molar-refractivity contribution is 0.0209. The van der Waals surface area contributed by atoms with Gasteiger partial charge in [0.2, 0.25) is 0 Å². The van der Waals surface area contributed by atoms with Gasteiger partial charge in [-0.3, -0.25) is 4.79 Å². The fourth-order valence-corrected chi connectivity index (χ4v) is 6.23. The number of amides is 2. The van der Waals surface area contributed by atoms with Gasteiger partial charge in [0.25, 0.3) is 5.91 Å². The molecule has 0 radical (unpaired) electrons. The monoisotopic (exact) mass is 464 g/mol. The molecule has 0 spiro atoms. The molecule has 0 aliphatic carbocycles. The van der Waals surface area contributed by atoms with E-state index in [-0.39, 0.29) is 30.1 Å². The maximum Gasteiger partial charge on any atom is 0.410 e. The molecule has 2 bridgehead atoms. The SMILES string of the molecule is CC(C)(C)OC(=O)N1[C@@H]2CC[C@H]1[C@H](NC(=O)c1ccc(Sc3ccc(Cl)cc3)s1)C2. The molecule has 2 aliphatic rings. The molecular formula is C22H25ClN2O3S2. The molecular weight excluding hydrogens is 440 g/mol. The highest BCUT2D eigenvalue weighted by Crippen LogP contribution is 2.39. The van der Waals surface area contributed by atoms with Crippen molar-refractivity contribution in [3.8, 4) is 0 Å². The van der Waals surface area contributed by atoms with Crippen LogP contribution in [0.25, 0.3) is 0 Å². The smallest absolute Gasteiger partial charge is 0.410 e. The summed E-state index contributed by atoms with van der Waals surface area (Å²) in [5.41, 5.74) is -0.521. The topological polar surface area (TPSA) is 58.6 Å². The van der Waals surface area contributed by atoms with Gasteiger partial charge in [0.15, 0.2) is 0 Å². The van der Waals surface area contributed by atoms with Gasteiger partial charge in [0, 0.05) is 16.0 Å². The molecule has 2 aliphatic heterocycles. The van der Waals surface area contributed by atoms with Crippen molar-refractivity contribution in [2.45, 2.75) is 72.9 Å². The van der Waals surface area contributed by atoms with Crippen LogP contribution in [-0.4, -0.2) is 40.6 Å². The molecule has 5 nitrogen and oxygen atoms in total. The van der Waals surface area contributed by atoms with Crippen LogP contribution < -0.4 is 5.32 Å². The molecule has 3 heterocycles. The third-order valence-corrected chi connectivity index (χ3v) is 7.77. The molecule has 2 amide bonds. The molecule has 0 unspecified atom stereocenters. The van der Waals surface area contributed by atoms with Crippen LogP contribution in [0.3, 0.4) is 0 Å². The fraction of sp³-hybridized carbons (Fsp3) is 0.455. The van der Waals surface area contributed by atoms with Crippen molar-refractivity contribution in [1.29, 1.82) is 0 Å². The predicted octanol–water partition coefficient (Wildman–Crippen LogP) is 5.82. The first-order chi connectivity index (χ1) is 14.2. The number of carbonyl (C=O) groups excluding carboxylic acids is 2. The van der Waals surface area contributed by atoms with E-state index in [1.54, 1.807) is 11.8 Å². The Balaban J connectivity index is 1.37. The van der Waals surface area contributed by atoms with Crippen LogP contribution in [0.4, 0.5) is 4.79 Å². The first kappa shape index (κ1) is 21.5. The number of hydrogen-bond donors (Lipinski definition) is 1. The van der Waals surface area contributed by atoms with E-state index in [1.807, 2.05) is 62.1 Å². The highest BCUT2D eigenvalue weighted by atomic mass is 35.5. The van der Waals surface area contributed by atoms with Crippen molar-refractivity contribution in [3.63, 3.8) is 0 Å². The van der Waals surface area contributed by atoms with E-state index in [0.717, 1.165) is 28.4 Å². The average Bonchev–Trinajstić information content (AvgIpc) is 3.36. The first-order valence-electron chi connectivity index (χ1n) is 10.0. The van der Waals surface area contributed by atoms with Crippen LogP contribution in [0.15, 0.2) is 45.5 Å². The van der Waals surface area contributed by atoms with Crippen LogP contribution in [-0.2, 0) is 4.74 Å². The van der Waals surface area contributed by atoms with Crippen molar-refractivity contribution in [2.24, 2.45) is 0 Å². The quantitative estimate of drug-likeness (QED) is 0.619. The standard InChI is InChI=1S/C22H25ClN2O3S2/c1-22(2,3)28-21(27)25-14-6-9-17(25)16(12-14)24-20(26)18-10-11-19(30-18)29-15-7-4-13(23)5-8-15/h4-5,7-8,10-11,14,16-17H,6,9,12H2,1-3H3,(H,24,26)/t14-,16-,17+/m1/s1. The number of nitrogens with one attached hydrogen (secondary N) is 1. The van der Waals surface area contributed by atoms with Crippen molar-refractivity contribution < 1.29 is 14.3 Å². The number of thiophene rings is 1. The Hall–Kier alpha value is -1.70. The molecule has 1 N–H and O–H groups in total. The van der Waals surface area contributed by atoms with Gasteiger partial charge in [0.05, 0.1) is 21.2 Å². The fourth-order valence-electron chi connectivity index (χ4n) is 4.10. The van der Waals surface area contributed by atoms with Gasteiger partial charge in [-0.05, 0) is 76.4 Å². The number of carbonyl (C=O) groups is 2. The number of ether oxygens (including phenoxy) is 1. The third kappa shape index (κ3) is 4.79. The number of nitrogens with zero attached hydrogens (tertiary/aromatic N) is 1. The Morgan fingerprint density at radius 2 is 1.90 bits per heavy atom. The van der Waals surface area contributed by atoms with E-state index in [4.69, 9.17) is 16.3 Å². The molecule has 0 saturated carbocycles. The van der Waals surface area contributed by atoms with Gasteiger partial charge in [-0.2, -0.15) is 0 Å². The molecule has 3 atom stereocenters. The average molecular weight is 465 g/mol. The van der Waals surface area contributed by atoms with Crippen molar-refractivity contribution in [3.05, 3.63) is 46.3 Å². The summed E-state index contributed by atoms with van der Waals surface area (Å²) in [5.74, 6) is -0.0790. The first-order valence-corrected chi connectivity index (χ1v) is 12.1. The lowest BCUT2D eigenvalue weighted by Gasteiger charge is -2.28. The minimum Gasteiger partial charge on any atom is -0.444 e. The van der Waals surface area contributed by atoms with Gasteiger partial charge in [-0.1, -0.05) is 23.4 Å². The number of halogens is 1.